The molecule has 0 aromatic carbocycles. The van der Waals surface area contributed by atoms with Gasteiger partial charge in [-0.05, 0) is 45.4 Å². The number of aryl methyl sites for hydroxylation is 2. The summed E-state index contributed by atoms with van der Waals surface area (Å²) in [6, 6.07) is 0.946. The number of alkyl halides is 3. The van der Waals surface area contributed by atoms with Gasteiger partial charge < -0.3 is 10.2 Å². The molecule has 0 unspecified atom stereocenters. The van der Waals surface area contributed by atoms with Gasteiger partial charge in [0, 0.05) is 36.5 Å². The Morgan fingerprint density at radius 3 is 2.66 bits per heavy atom. The number of carbonyl (C=O) groups is 1. The number of fused-ring (bicyclic) bond motifs is 1. The number of carbonyl (C=O) groups excluding carboxylic acids is 1. The monoisotopic (exact) mass is 408 g/mol. The van der Waals surface area contributed by atoms with Crippen LogP contribution in [0.2, 0.25) is 0 Å². The van der Waals surface area contributed by atoms with Crippen LogP contribution in [0.3, 0.4) is 0 Å². The van der Waals surface area contributed by atoms with E-state index in [9.17, 15) is 18.0 Å². The van der Waals surface area contributed by atoms with Crippen LogP contribution in [0.25, 0.3) is 0 Å². The quantitative estimate of drug-likeness (QED) is 0.816. The Hall–Kier alpha value is -2.65. The maximum atomic E-state index is 13.0. The second kappa shape index (κ2) is 7.64. The van der Waals surface area contributed by atoms with E-state index < -0.39 is 11.9 Å². The lowest BCUT2D eigenvalue weighted by atomic mass is 9.95. The number of nitrogens with zero attached hydrogens (tertiary/aromatic N) is 4. The molecule has 29 heavy (non-hydrogen) atoms. The smallest absolute Gasteiger partial charge is 0.356 e. The topological polar surface area (TPSA) is 86.8 Å². The Bertz CT molecular complexity index is 902. The number of halogens is 3. The van der Waals surface area contributed by atoms with Gasteiger partial charge in [0.25, 0.3) is 5.91 Å². The van der Waals surface area contributed by atoms with Gasteiger partial charge in [-0.15, -0.1) is 0 Å². The highest BCUT2D eigenvalue weighted by atomic mass is 19.4. The average molecular weight is 408 g/mol. The fourth-order valence-electron chi connectivity index (χ4n) is 4.03. The SMILES string of the molecule is Cc1nc(N2CCC(NC(=O)c3n[nH]c4c3CCCC4)CC2)cc(C(F)(F)F)n1. The molecule has 1 aliphatic heterocycles. The van der Waals surface area contributed by atoms with E-state index in [4.69, 9.17) is 0 Å². The number of aromatic amines is 1. The fourth-order valence-corrected chi connectivity index (χ4v) is 4.03. The highest BCUT2D eigenvalue weighted by molar-refractivity contribution is 5.94. The normalized spacial score (nSPS) is 17.9. The Balaban J connectivity index is 1.38. The zero-order valence-corrected chi connectivity index (χ0v) is 16.1. The number of nitrogens with one attached hydrogen (secondary N) is 2. The van der Waals surface area contributed by atoms with Crippen molar-refractivity contribution in [2.24, 2.45) is 0 Å². The van der Waals surface area contributed by atoms with E-state index in [2.05, 4.69) is 25.5 Å². The first-order valence-electron chi connectivity index (χ1n) is 9.86. The van der Waals surface area contributed by atoms with Crippen LogP contribution >= 0.6 is 0 Å². The number of H-pyrrole nitrogens is 1. The number of amides is 1. The summed E-state index contributed by atoms with van der Waals surface area (Å²) >= 11 is 0. The minimum absolute atomic E-state index is 0.0419. The van der Waals surface area contributed by atoms with Crippen LogP contribution in [0.5, 0.6) is 0 Å². The van der Waals surface area contributed by atoms with E-state index in [-0.39, 0.29) is 23.6 Å². The molecule has 1 aliphatic carbocycles. The maximum Gasteiger partial charge on any atom is 0.433 e. The third kappa shape index (κ3) is 4.20. The second-order valence-electron chi connectivity index (χ2n) is 7.63. The van der Waals surface area contributed by atoms with Crippen molar-refractivity contribution >= 4 is 11.7 Å². The second-order valence-corrected chi connectivity index (χ2v) is 7.63. The van der Waals surface area contributed by atoms with E-state index in [0.29, 0.717) is 31.6 Å². The molecule has 7 nitrogen and oxygen atoms in total. The van der Waals surface area contributed by atoms with Crippen molar-refractivity contribution in [2.75, 3.05) is 18.0 Å². The summed E-state index contributed by atoms with van der Waals surface area (Å²) in [6.07, 6.45) is 0.702. The fraction of sp³-hybridized carbons (Fsp3) is 0.579. The van der Waals surface area contributed by atoms with E-state index in [0.717, 1.165) is 43.0 Å². The molecule has 2 aromatic heterocycles. The highest BCUT2D eigenvalue weighted by Crippen LogP contribution is 2.30. The first-order valence-corrected chi connectivity index (χ1v) is 9.86. The lowest BCUT2D eigenvalue weighted by Crippen LogP contribution is -2.45. The van der Waals surface area contributed by atoms with Crippen molar-refractivity contribution in [3.05, 3.63) is 34.5 Å². The van der Waals surface area contributed by atoms with Gasteiger partial charge in [0.1, 0.15) is 17.3 Å². The Kier molecular flexibility index (Phi) is 5.18. The van der Waals surface area contributed by atoms with Crippen LogP contribution in [-0.4, -0.2) is 45.2 Å². The minimum Gasteiger partial charge on any atom is -0.356 e. The predicted octanol–water partition coefficient (Wildman–Crippen LogP) is 2.80. The lowest BCUT2D eigenvalue weighted by molar-refractivity contribution is -0.141. The summed E-state index contributed by atoms with van der Waals surface area (Å²) in [5.74, 6) is 0.185. The molecule has 1 amide bonds. The van der Waals surface area contributed by atoms with Gasteiger partial charge in [0.15, 0.2) is 5.69 Å². The highest BCUT2D eigenvalue weighted by Gasteiger charge is 2.34. The summed E-state index contributed by atoms with van der Waals surface area (Å²) in [5, 5.41) is 10.2. The molecule has 10 heteroatoms. The standard InChI is InChI=1S/C19H23F3N6O/c1-11-23-15(19(20,21)22)10-16(24-11)28-8-6-12(7-9-28)25-18(29)17-13-4-2-3-5-14(13)26-27-17/h10,12H,2-9H2,1H3,(H,25,29)(H,26,27). The van der Waals surface area contributed by atoms with E-state index in [1.807, 2.05) is 4.90 Å². The molecule has 2 aliphatic rings. The Morgan fingerprint density at radius 1 is 1.21 bits per heavy atom. The predicted molar refractivity (Wildman–Crippen MR) is 99.7 cm³/mol. The van der Waals surface area contributed by atoms with Gasteiger partial charge in [-0.3, -0.25) is 9.89 Å². The van der Waals surface area contributed by atoms with Crippen molar-refractivity contribution in [3.63, 3.8) is 0 Å². The summed E-state index contributed by atoms with van der Waals surface area (Å²) in [7, 11) is 0. The van der Waals surface area contributed by atoms with E-state index in [1.54, 1.807) is 0 Å². The molecule has 0 radical (unpaired) electrons. The van der Waals surface area contributed by atoms with Gasteiger partial charge in [-0.1, -0.05) is 0 Å². The number of hydrogen-bond acceptors (Lipinski definition) is 5. The third-order valence-corrected chi connectivity index (χ3v) is 5.54. The molecule has 4 rings (SSSR count). The van der Waals surface area contributed by atoms with Crippen molar-refractivity contribution < 1.29 is 18.0 Å². The van der Waals surface area contributed by atoms with Gasteiger partial charge in [-0.25, -0.2) is 9.97 Å². The third-order valence-electron chi connectivity index (χ3n) is 5.54. The van der Waals surface area contributed by atoms with Crippen LogP contribution in [0, 0.1) is 6.92 Å². The molecular formula is C19H23F3N6O. The molecule has 0 atom stereocenters. The lowest BCUT2D eigenvalue weighted by Gasteiger charge is -2.33. The minimum atomic E-state index is -4.50. The number of hydrogen-bond donors (Lipinski definition) is 2. The number of anilines is 1. The van der Waals surface area contributed by atoms with Crippen molar-refractivity contribution in [2.45, 2.75) is 57.7 Å². The molecule has 1 saturated heterocycles. The van der Waals surface area contributed by atoms with Crippen molar-refractivity contribution in [1.29, 1.82) is 0 Å². The van der Waals surface area contributed by atoms with Crippen LogP contribution < -0.4 is 10.2 Å². The van der Waals surface area contributed by atoms with Crippen LogP contribution in [0.1, 0.15) is 58.9 Å². The molecular weight excluding hydrogens is 385 g/mol. The molecule has 2 N–H and O–H groups in total. The molecule has 0 spiro atoms. The largest absolute Gasteiger partial charge is 0.433 e. The van der Waals surface area contributed by atoms with Gasteiger partial charge >= 0.3 is 6.18 Å². The zero-order valence-electron chi connectivity index (χ0n) is 16.1. The van der Waals surface area contributed by atoms with Gasteiger partial charge in [-0.2, -0.15) is 18.3 Å². The molecule has 0 bridgehead atoms. The first-order chi connectivity index (χ1) is 13.8. The molecule has 2 aromatic rings. The Labute approximate surface area is 166 Å². The molecule has 0 saturated carbocycles. The summed E-state index contributed by atoms with van der Waals surface area (Å²) in [4.78, 5) is 22.1. The number of rotatable bonds is 3. The molecule has 3 heterocycles. The van der Waals surface area contributed by atoms with E-state index in [1.165, 1.54) is 6.92 Å². The Morgan fingerprint density at radius 2 is 1.93 bits per heavy atom. The van der Waals surface area contributed by atoms with Crippen molar-refractivity contribution in [1.82, 2.24) is 25.5 Å². The summed E-state index contributed by atoms with van der Waals surface area (Å²) < 4.78 is 39.0. The van der Waals surface area contributed by atoms with Gasteiger partial charge in [0.05, 0.1) is 0 Å². The van der Waals surface area contributed by atoms with Crippen molar-refractivity contribution in [3.8, 4) is 0 Å². The summed E-state index contributed by atoms with van der Waals surface area (Å²) in [5.41, 5.74) is 1.61. The first kappa shape index (κ1) is 19.7. The van der Waals surface area contributed by atoms with Crippen LogP contribution in [0.4, 0.5) is 19.0 Å². The number of piperidine rings is 1. The van der Waals surface area contributed by atoms with Crippen LogP contribution in [-0.2, 0) is 19.0 Å². The average Bonchev–Trinajstić information content (AvgIpc) is 3.12. The molecule has 1 fully saturated rings. The summed E-state index contributed by atoms with van der Waals surface area (Å²) in [6.45, 7) is 2.48. The van der Waals surface area contributed by atoms with Crippen LogP contribution in [0.15, 0.2) is 6.07 Å². The maximum absolute atomic E-state index is 13.0. The number of aromatic nitrogens is 4. The van der Waals surface area contributed by atoms with Gasteiger partial charge in [0.2, 0.25) is 0 Å². The molecule has 156 valence electrons. The zero-order chi connectivity index (χ0) is 20.6. The van der Waals surface area contributed by atoms with E-state index >= 15 is 0 Å².